The molecule has 1 aromatic heterocycles. The fraction of sp³-hybridized carbons (Fsp3) is 0.150. The van der Waals surface area contributed by atoms with Crippen molar-refractivity contribution in [3.8, 4) is 0 Å². The first-order chi connectivity index (χ1) is 14.9. The molecule has 0 amide bonds. The second-order valence-electron chi connectivity index (χ2n) is 6.27. The van der Waals surface area contributed by atoms with Crippen LogP contribution >= 0.6 is 35.1 Å². The van der Waals surface area contributed by atoms with Crippen molar-refractivity contribution in [3.05, 3.63) is 73.9 Å². The highest BCUT2D eigenvalue weighted by Gasteiger charge is 2.17. The summed E-state index contributed by atoms with van der Waals surface area (Å²) in [5, 5.41) is 28.6. The van der Waals surface area contributed by atoms with E-state index in [-0.39, 0.29) is 15.7 Å². The summed E-state index contributed by atoms with van der Waals surface area (Å²) in [6.07, 6.45) is 2.97. The average molecular weight is 477 g/mol. The van der Waals surface area contributed by atoms with Crippen molar-refractivity contribution in [1.29, 1.82) is 0 Å². The third-order valence-corrected chi connectivity index (χ3v) is 6.17. The number of nitrogens with zero attached hydrogens (tertiary/aromatic N) is 3. The summed E-state index contributed by atoms with van der Waals surface area (Å²) in [5.74, 6) is -0.509. The van der Waals surface area contributed by atoms with Crippen LogP contribution in [0.5, 0.6) is 0 Å². The van der Waals surface area contributed by atoms with Crippen LogP contribution in [0.4, 0.5) is 5.69 Å². The van der Waals surface area contributed by atoms with E-state index in [9.17, 15) is 20.0 Å². The lowest BCUT2D eigenvalue weighted by atomic mass is 10.2. The van der Waals surface area contributed by atoms with Gasteiger partial charge in [0, 0.05) is 33.4 Å². The maximum Gasteiger partial charge on any atom is 0.342 e. The second-order valence-corrected chi connectivity index (χ2v) is 8.83. The number of carboxylic acid groups (broad SMARTS) is 1. The topological polar surface area (TPSA) is 122 Å². The molecule has 0 aliphatic rings. The van der Waals surface area contributed by atoms with Crippen molar-refractivity contribution in [2.45, 2.75) is 34.7 Å². The summed E-state index contributed by atoms with van der Waals surface area (Å²) in [4.78, 5) is 28.3. The number of aromatic amines is 1. The lowest BCUT2D eigenvalue weighted by Gasteiger charge is -2.08. The number of non-ortho nitro benzene ring substituents is 1. The van der Waals surface area contributed by atoms with Gasteiger partial charge in [-0.15, -0.1) is 5.10 Å². The molecule has 0 bridgehead atoms. The standard InChI is InChI=1S/C20H17ClN4O4S2/c1-2-3-18-22-20(24-23-18)31-17(19(26)27)11-12-10-14(25(28)29)6-9-16(12)30-15-7-4-13(21)5-8-15/h4-11H,2-3H2,1H3,(H,26,27)(H,22,23,24)/b17-11+. The molecule has 0 saturated carbocycles. The SMILES string of the molecule is CCCc1nc(S/C(=C/c2cc([N+](=O)[O-])ccc2Sc2ccc(Cl)cc2)C(=O)O)n[nH]1. The third kappa shape index (κ3) is 6.33. The predicted octanol–water partition coefficient (Wildman–Crippen LogP) is 5.69. The van der Waals surface area contributed by atoms with Gasteiger partial charge in [0.1, 0.15) is 10.7 Å². The van der Waals surface area contributed by atoms with Crippen molar-refractivity contribution in [2.24, 2.45) is 0 Å². The molecule has 0 unspecified atom stereocenters. The number of benzene rings is 2. The van der Waals surface area contributed by atoms with Crippen molar-refractivity contribution in [3.63, 3.8) is 0 Å². The van der Waals surface area contributed by atoms with Gasteiger partial charge in [-0.3, -0.25) is 15.2 Å². The molecule has 3 rings (SSSR count). The third-order valence-electron chi connectivity index (χ3n) is 3.94. The normalized spacial score (nSPS) is 11.5. The molecule has 2 N–H and O–H groups in total. The van der Waals surface area contributed by atoms with Gasteiger partial charge in [0.25, 0.3) is 5.69 Å². The van der Waals surface area contributed by atoms with Crippen LogP contribution in [0.3, 0.4) is 0 Å². The number of nitro benzene ring substituents is 1. The number of hydrogen-bond donors (Lipinski definition) is 2. The number of aromatic nitrogens is 3. The first-order valence-electron chi connectivity index (χ1n) is 9.11. The molecule has 0 radical (unpaired) electrons. The number of carboxylic acids is 1. The molecule has 8 nitrogen and oxygen atoms in total. The number of aryl methyl sites for hydroxylation is 1. The number of hydrogen-bond acceptors (Lipinski definition) is 7. The Labute approximate surface area is 191 Å². The molecule has 31 heavy (non-hydrogen) atoms. The van der Waals surface area contributed by atoms with E-state index in [1.165, 1.54) is 30.0 Å². The Morgan fingerprint density at radius 2 is 2.03 bits per heavy atom. The summed E-state index contributed by atoms with van der Waals surface area (Å²) in [6.45, 7) is 2.00. The van der Waals surface area contributed by atoms with E-state index in [1.54, 1.807) is 18.2 Å². The first-order valence-corrected chi connectivity index (χ1v) is 11.1. The smallest absolute Gasteiger partial charge is 0.342 e. The van der Waals surface area contributed by atoms with Gasteiger partial charge in [-0.2, -0.15) is 0 Å². The Morgan fingerprint density at radius 1 is 1.29 bits per heavy atom. The first kappa shape index (κ1) is 22.9. The van der Waals surface area contributed by atoms with Crippen LogP contribution in [0.1, 0.15) is 24.7 Å². The number of nitro groups is 1. The summed E-state index contributed by atoms with van der Waals surface area (Å²) in [6, 6.07) is 11.4. The Bertz CT molecular complexity index is 1130. The molecule has 11 heteroatoms. The fourth-order valence-corrected chi connectivity index (χ4v) is 4.27. The number of halogens is 1. The monoisotopic (exact) mass is 476 g/mol. The quantitative estimate of drug-likeness (QED) is 0.175. The summed E-state index contributed by atoms with van der Waals surface area (Å²) in [5.41, 5.74) is 0.271. The summed E-state index contributed by atoms with van der Waals surface area (Å²) in [7, 11) is 0. The number of H-pyrrole nitrogens is 1. The average Bonchev–Trinajstić information content (AvgIpc) is 3.17. The lowest BCUT2D eigenvalue weighted by Crippen LogP contribution is -1.98. The van der Waals surface area contributed by atoms with E-state index in [1.807, 2.05) is 19.1 Å². The van der Waals surface area contributed by atoms with E-state index >= 15 is 0 Å². The molecule has 0 atom stereocenters. The minimum atomic E-state index is -1.18. The molecule has 0 spiro atoms. The Morgan fingerprint density at radius 3 is 2.68 bits per heavy atom. The number of carbonyl (C=O) groups is 1. The highest BCUT2D eigenvalue weighted by Crippen LogP contribution is 2.36. The van der Waals surface area contributed by atoms with Gasteiger partial charge < -0.3 is 5.11 Å². The van der Waals surface area contributed by atoms with Gasteiger partial charge >= 0.3 is 5.97 Å². The van der Waals surface area contributed by atoms with Crippen LogP contribution in [0.15, 0.2) is 62.3 Å². The predicted molar refractivity (Wildman–Crippen MR) is 121 cm³/mol. The summed E-state index contributed by atoms with van der Waals surface area (Å²) >= 11 is 8.16. The van der Waals surface area contributed by atoms with Crippen LogP contribution < -0.4 is 0 Å². The number of aliphatic carboxylic acids is 1. The zero-order valence-electron chi connectivity index (χ0n) is 16.2. The van der Waals surface area contributed by atoms with Crippen molar-refractivity contribution in [1.82, 2.24) is 15.2 Å². The molecule has 0 aliphatic heterocycles. The Kier molecular flexibility index (Phi) is 7.72. The van der Waals surface area contributed by atoms with Gasteiger partial charge in [0.15, 0.2) is 0 Å². The number of thioether (sulfide) groups is 1. The van der Waals surface area contributed by atoms with Gasteiger partial charge in [0.2, 0.25) is 5.16 Å². The van der Waals surface area contributed by atoms with Crippen molar-refractivity contribution in [2.75, 3.05) is 0 Å². The van der Waals surface area contributed by atoms with Crippen LogP contribution in [-0.2, 0) is 11.2 Å². The van der Waals surface area contributed by atoms with E-state index in [2.05, 4.69) is 15.2 Å². The fourth-order valence-electron chi connectivity index (χ4n) is 2.53. The molecule has 0 fully saturated rings. The maximum atomic E-state index is 11.9. The molecular weight excluding hydrogens is 460 g/mol. The zero-order chi connectivity index (χ0) is 22.4. The Balaban J connectivity index is 1.97. The minimum absolute atomic E-state index is 0.0551. The highest BCUT2D eigenvalue weighted by molar-refractivity contribution is 8.04. The van der Waals surface area contributed by atoms with Gasteiger partial charge in [0.05, 0.1) is 4.92 Å². The number of nitrogens with one attached hydrogen (secondary N) is 1. The van der Waals surface area contributed by atoms with Crippen LogP contribution in [0, 0.1) is 10.1 Å². The second kappa shape index (κ2) is 10.5. The van der Waals surface area contributed by atoms with E-state index in [0.717, 1.165) is 23.1 Å². The number of rotatable bonds is 9. The minimum Gasteiger partial charge on any atom is -0.477 e. The van der Waals surface area contributed by atoms with Gasteiger partial charge in [-0.1, -0.05) is 30.3 Å². The van der Waals surface area contributed by atoms with Crippen LogP contribution in [-0.4, -0.2) is 31.2 Å². The highest BCUT2D eigenvalue weighted by atomic mass is 35.5. The molecule has 3 aromatic rings. The van der Waals surface area contributed by atoms with Crippen LogP contribution in [0.25, 0.3) is 6.08 Å². The van der Waals surface area contributed by atoms with Crippen molar-refractivity contribution >= 4 is 52.9 Å². The van der Waals surface area contributed by atoms with E-state index < -0.39 is 10.9 Å². The lowest BCUT2D eigenvalue weighted by molar-refractivity contribution is -0.384. The maximum absolute atomic E-state index is 11.9. The molecule has 0 aliphatic carbocycles. The van der Waals surface area contributed by atoms with Crippen molar-refractivity contribution < 1.29 is 14.8 Å². The summed E-state index contributed by atoms with van der Waals surface area (Å²) < 4.78 is 0. The Hall–Kier alpha value is -2.82. The molecule has 160 valence electrons. The largest absolute Gasteiger partial charge is 0.477 e. The molecule has 2 aromatic carbocycles. The van der Waals surface area contributed by atoms with E-state index in [0.29, 0.717) is 27.7 Å². The van der Waals surface area contributed by atoms with Gasteiger partial charge in [-0.05, 0) is 60.2 Å². The van der Waals surface area contributed by atoms with Crippen LogP contribution in [0.2, 0.25) is 5.02 Å². The molecular formula is C20H17ClN4O4S2. The molecule has 0 saturated heterocycles. The van der Waals surface area contributed by atoms with Gasteiger partial charge in [-0.25, -0.2) is 9.78 Å². The molecule has 1 heterocycles. The zero-order valence-corrected chi connectivity index (χ0v) is 18.6. The van der Waals surface area contributed by atoms with E-state index in [4.69, 9.17) is 11.6 Å².